The molecule has 1 aliphatic carbocycles. The number of nitrogens with zero attached hydrogens (tertiary/aromatic N) is 2. The maximum Gasteiger partial charge on any atom is 0.327 e. The van der Waals surface area contributed by atoms with E-state index >= 15 is 0 Å². The maximum absolute atomic E-state index is 12.2. The fourth-order valence-corrected chi connectivity index (χ4v) is 3.15. The van der Waals surface area contributed by atoms with Gasteiger partial charge in [0.2, 0.25) is 0 Å². The summed E-state index contributed by atoms with van der Waals surface area (Å²) in [4.78, 5) is 12.2. The quantitative estimate of drug-likeness (QED) is 0.669. The van der Waals surface area contributed by atoms with Crippen molar-refractivity contribution in [3.05, 3.63) is 17.5 Å². The highest BCUT2D eigenvalue weighted by Gasteiger charge is 2.28. The zero-order valence-electron chi connectivity index (χ0n) is 13.4. The highest BCUT2D eigenvalue weighted by atomic mass is 16.5. The van der Waals surface area contributed by atoms with E-state index in [1.54, 1.807) is 4.68 Å². The monoisotopic (exact) mass is 293 g/mol. The molecule has 1 saturated carbocycles. The number of carbonyl (C=O) groups excluding carboxylic acids is 1. The molecule has 1 aromatic heterocycles. The molecule has 1 atom stereocenters. The lowest BCUT2D eigenvalue weighted by molar-refractivity contribution is -0.143. The summed E-state index contributed by atoms with van der Waals surface area (Å²) in [7, 11) is 3.34. The fourth-order valence-electron chi connectivity index (χ4n) is 3.15. The van der Waals surface area contributed by atoms with Crippen molar-refractivity contribution in [3.8, 4) is 0 Å². The molecule has 118 valence electrons. The first-order valence-electron chi connectivity index (χ1n) is 8.02. The molecule has 21 heavy (non-hydrogen) atoms. The molecular weight excluding hydrogens is 266 g/mol. The Labute approximate surface area is 127 Å². The second-order valence-electron chi connectivity index (χ2n) is 5.87. The van der Waals surface area contributed by atoms with Gasteiger partial charge in [-0.05, 0) is 19.3 Å². The van der Waals surface area contributed by atoms with E-state index in [4.69, 9.17) is 4.74 Å². The molecule has 1 fully saturated rings. The number of aromatic nitrogens is 2. The maximum atomic E-state index is 12.2. The van der Waals surface area contributed by atoms with Crippen LogP contribution in [-0.2, 0) is 23.0 Å². The van der Waals surface area contributed by atoms with Crippen molar-refractivity contribution in [2.75, 3.05) is 7.11 Å². The first-order chi connectivity index (χ1) is 10.2. The molecule has 0 amide bonds. The van der Waals surface area contributed by atoms with E-state index in [9.17, 15) is 4.79 Å². The molecule has 1 unspecified atom stereocenters. The van der Waals surface area contributed by atoms with Crippen molar-refractivity contribution in [3.63, 3.8) is 0 Å². The molecule has 0 aliphatic heterocycles. The van der Waals surface area contributed by atoms with Crippen LogP contribution >= 0.6 is 0 Å². The SMILES string of the molecule is CCc1nn(C)cc1C(NC1CCCCCC1)C(=O)OC. The topological polar surface area (TPSA) is 56.2 Å². The van der Waals surface area contributed by atoms with Crippen molar-refractivity contribution < 1.29 is 9.53 Å². The summed E-state index contributed by atoms with van der Waals surface area (Å²) in [6.07, 6.45) is 10.1. The van der Waals surface area contributed by atoms with Gasteiger partial charge < -0.3 is 4.74 Å². The van der Waals surface area contributed by atoms with Crippen molar-refractivity contribution in [2.24, 2.45) is 7.05 Å². The first-order valence-corrected chi connectivity index (χ1v) is 8.02. The average molecular weight is 293 g/mol. The summed E-state index contributed by atoms with van der Waals surface area (Å²) in [5.41, 5.74) is 1.92. The highest BCUT2D eigenvalue weighted by Crippen LogP contribution is 2.24. The average Bonchev–Trinajstić information content (AvgIpc) is 2.70. The third-order valence-electron chi connectivity index (χ3n) is 4.28. The van der Waals surface area contributed by atoms with Crippen LogP contribution in [0, 0.1) is 0 Å². The third kappa shape index (κ3) is 4.06. The zero-order chi connectivity index (χ0) is 15.2. The number of nitrogens with one attached hydrogen (secondary N) is 1. The van der Waals surface area contributed by atoms with E-state index in [-0.39, 0.29) is 5.97 Å². The molecule has 0 saturated heterocycles. The van der Waals surface area contributed by atoms with E-state index in [1.807, 2.05) is 13.2 Å². The van der Waals surface area contributed by atoms with Crippen LogP contribution in [0.5, 0.6) is 0 Å². The molecule has 1 aromatic rings. The molecule has 5 nitrogen and oxygen atoms in total. The summed E-state index contributed by atoms with van der Waals surface area (Å²) in [5.74, 6) is -0.220. The molecular formula is C16H27N3O2. The van der Waals surface area contributed by atoms with Gasteiger partial charge in [0.05, 0.1) is 12.8 Å². The Bertz CT molecular complexity index is 462. The second kappa shape index (κ2) is 7.59. The minimum Gasteiger partial charge on any atom is -0.468 e. The minimum absolute atomic E-state index is 0.220. The molecule has 0 bridgehead atoms. The number of hydrogen-bond donors (Lipinski definition) is 1. The molecule has 2 rings (SSSR count). The Hall–Kier alpha value is -1.36. The number of carbonyl (C=O) groups is 1. The Kier molecular flexibility index (Phi) is 5.79. The predicted molar refractivity (Wildman–Crippen MR) is 82.0 cm³/mol. The standard InChI is InChI=1S/C16H27N3O2/c1-4-14-13(11-19(2)18-14)15(16(20)21-3)17-12-9-7-5-6-8-10-12/h11-12,15,17H,4-10H2,1-3H3. The predicted octanol–water partition coefficient (Wildman–Crippen LogP) is 2.51. The molecule has 1 heterocycles. The summed E-state index contributed by atoms with van der Waals surface area (Å²) in [6.45, 7) is 2.06. The number of rotatable bonds is 5. The third-order valence-corrected chi connectivity index (χ3v) is 4.28. The number of methoxy groups -OCH3 is 1. The second-order valence-corrected chi connectivity index (χ2v) is 5.87. The van der Waals surface area contributed by atoms with Gasteiger partial charge in [-0.15, -0.1) is 0 Å². The lowest BCUT2D eigenvalue weighted by Crippen LogP contribution is -2.37. The largest absolute Gasteiger partial charge is 0.468 e. The summed E-state index contributed by atoms with van der Waals surface area (Å²) in [5, 5.41) is 7.97. The van der Waals surface area contributed by atoms with Gasteiger partial charge in [-0.2, -0.15) is 5.10 Å². The van der Waals surface area contributed by atoms with Gasteiger partial charge in [0.1, 0.15) is 6.04 Å². The van der Waals surface area contributed by atoms with E-state index in [0.717, 1.165) is 30.5 Å². The van der Waals surface area contributed by atoms with Crippen LogP contribution < -0.4 is 5.32 Å². The van der Waals surface area contributed by atoms with Gasteiger partial charge >= 0.3 is 5.97 Å². The van der Waals surface area contributed by atoms with Gasteiger partial charge in [0.15, 0.2) is 0 Å². The molecule has 1 N–H and O–H groups in total. The van der Waals surface area contributed by atoms with Gasteiger partial charge in [-0.3, -0.25) is 10.00 Å². The molecule has 5 heteroatoms. The van der Waals surface area contributed by atoms with Crippen LogP contribution in [0.4, 0.5) is 0 Å². The van der Waals surface area contributed by atoms with Crippen LogP contribution in [0.3, 0.4) is 0 Å². The highest BCUT2D eigenvalue weighted by molar-refractivity contribution is 5.77. The van der Waals surface area contributed by atoms with Crippen molar-refractivity contribution in [1.82, 2.24) is 15.1 Å². The van der Waals surface area contributed by atoms with Crippen molar-refractivity contribution in [2.45, 2.75) is 64.0 Å². The van der Waals surface area contributed by atoms with Crippen LogP contribution in [0.15, 0.2) is 6.20 Å². The van der Waals surface area contributed by atoms with Crippen LogP contribution in [0.2, 0.25) is 0 Å². The minimum atomic E-state index is -0.401. The van der Waals surface area contributed by atoms with E-state index in [0.29, 0.717) is 6.04 Å². The lowest BCUT2D eigenvalue weighted by atomic mass is 10.0. The Morgan fingerprint density at radius 3 is 2.67 bits per heavy atom. The van der Waals surface area contributed by atoms with E-state index < -0.39 is 6.04 Å². The van der Waals surface area contributed by atoms with E-state index in [2.05, 4.69) is 17.3 Å². The number of ether oxygens (including phenoxy) is 1. The van der Waals surface area contributed by atoms with Gasteiger partial charge in [-0.1, -0.05) is 32.6 Å². The first kappa shape index (κ1) is 16.0. The molecule has 0 radical (unpaired) electrons. The Balaban J connectivity index is 2.19. The van der Waals surface area contributed by atoms with Crippen LogP contribution in [0.25, 0.3) is 0 Å². The molecule has 0 aromatic carbocycles. The lowest BCUT2D eigenvalue weighted by Gasteiger charge is -2.23. The fraction of sp³-hybridized carbons (Fsp3) is 0.750. The number of hydrogen-bond acceptors (Lipinski definition) is 4. The zero-order valence-corrected chi connectivity index (χ0v) is 13.4. The molecule has 1 aliphatic rings. The Morgan fingerprint density at radius 2 is 2.10 bits per heavy atom. The van der Waals surface area contributed by atoms with Gasteiger partial charge in [0, 0.05) is 24.8 Å². The van der Waals surface area contributed by atoms with Crippen molar-refractivity contribution >= 4 is 5.97 Å². The smallest absolute Gasteiger partial charge is 0.327 e. The summed E-state index contributed by atoms with van der Waals surface area (Å²) >= 11 is 0. The normalized spacial score (nSPS) is 18.2. The summed E-state index contributed by atoms with van der Waals surface area (Å²) in [6, 6.07) is -0.0109. The number of aryl methyl sites for hydroxylation is 2. The number of esters is 1. The molecule has 0 spiro atoms. The Morgan fingerprint density at radius 1 is 1.43 bits per heavy atom. The summed E-state index contributed by atoms with van der Waals surface area (Å²) < 4.78 is 6.79. The van der Waals surface area contributed by atoms with Gasteiger partial charge in [-0.25, -0.2) is 4.79 Å². The van der Waals surface area contributed by atoms with Crippen LogP contribution in [0.1, 0.15) is 62.7 Å². The van der Waals surface area contributed by atoms with Gasteiger partial charge in [0.25, 0.3) is 0 Å². The van der Waals surface area contributed by atoms with Crippen LogP contribution in [-0.4, -0.2) is 28.9 Å². The van der Waals surface area contributed by atoms with Crippen molar-refractivity contribution in [1.29, 1.82) is 0 Å². The van der Waals surface area contributed by atoms with E-state index in [1.165, 1.54) is 32.8 Å².